The Morgan fingerprint density at radius 3 is 0.833 bits per heavy atom. The van der Waals surface area contributed by atoms with Gasteiger partial charge in [-0.1, -0.05) is 400 Å². The smallest absolute Gasteiger partial charge is 0.143 e. The van der Waals surface area contributed by atoms with Crippen LogP contribution >= 0.6 is 0 Å². The van der Waals surface area contributed by atoms with Crippen LogP contribution in [0.2, 0.25) is 0 Å². The molecule has 26 aromatic carbocycles. The van der Waals surface area contributed by atoms with Crippen LogP contribution in [0.4, 0.5) is 51.2 Å². The molecule has 0 saturated carbocycles. The van der Waals surface area contributed by atoms with Crippen LogP contribution in [0.5, 0.6) is 0 Å². The first kappa shape index (κ1) is 79.4. The number of hydrogen-bond acceptors (Lipinski definition) is 6. The minimum atomic E-state index is 0.871. The zero-order valence-electron chi connectivity index (χ0n) is 75.0. The molecule has 0 radical (unpaired) electrons. The van der Waals surface area contributed by atoms with Gasteiger partial charge in [0.05, 0.1) is 56.0 Å². The summed E-state index contributed by atoms with van der Waals surface area (Å²) in [6.07, 6.45) is 0. The molecule has 0 aliphatic carbocycles. The van der Waals surface area contributed by atoms with Gasteiger partial charge in [0.1, 0.15) is 33.5 Å². The summed E-state index contributed by atoms with van der Waals surface area (Å²) in [5.41, 5.74) is 20.3. The summed E-state index contributed by atoms with van der Waals surface area (Å²) in [6.45, 7) is 0. The first-order valence-corrected chi connectivity index (χ1v) is 47.2. The van der Waals surface area contributed by atoms with Crippen molar-refractivity contribution in [1.82, 2.24) is 0 Å². The Morgan fingerprint density at radius 2 is 0.391 bits per heavy atom. The molecule has 0 atom stereocenters. The van der Waals surface area contributed by atoms with E-state index in [0.29, 0.717) is 0 Å². The molecule has 3 aromatic heterocycles. The standard InChI is InChI=1S/C52H33NO.2C40H25NO/c1-2-16-36(17-3-1)49-43-23-10-8-21-41(43)42-22-9-11-24-44(42)50(49)37-28-31-38(32-29-37)53(46-25-12-18-34-14-4-6-19-39(34)46)47-26-13-27-48-51(47)45-33-30-35-15-5-7-20-40(35)52(45)54-48;1-5-16-30-26(11-1)14-9-20-35(30)41(37-25-28-13-3-4-15-29(28)32-18-7-8-19-33(32)37)36-21-10-22-38-39(36)34-24-23-27-12-2-6-17-31(27)40(34)42-38;1-4-13-31-27(10-1)19-20-29-25-30(22-24-32(29)31)41(36-16-7-12-26-9-2-5-14-33(26)36)37-17-8-18-38-39(37)35-23-21-28-11-3-6-15-34(28)40(35)42-38/h1-33H;2*1-25H. The summed E-state index contributed by atoms with van der Waals surface area (Å²) in [7, 11) is 0. The van der Waals surface area contributed by atoms with Crippen LogP contribution < -0.4 is 14.7 Å². The van der Waals surface area contributed by atoms with Crippen LogP contribution in [0.3, 0.4) is 0 Å². The topological polar surface area (TPSA) is 49.1 Å². The summed E-state index contributed by atoms with van der Waals surface area (Å²) in [5.74, 6) is 0. The van der Waals surface area contributed by atoms with Crippen molar-refractivity contribution >= 4 is 246 Å². The maximum absolute atomic E-state index is 6.70. The third-order valence-corrected chi connectivity index (χ3v) is 28.2. The zero-order valence-corrected chi connectivity index (χ0v) is 75.0. The van der Waals surface area contributed by atoms with E-state index in [1.54, 1.807) is 0 Å². The van der Waals surface area contributed by atoms with E-state index in [9.17, 15) is 0 Å². The van der Waals surface area contributed by atoms with Crippen molar-refractivity contribution < 1.29 is 13.3 Å². The molecule has 644 valence electrons. The van der Waals surface area contributed by atoms with Crippen LogP contribution in [-0.2, 0) is 0 Å². The van der Waals surface area contributed by atoms with Crippen molar-refractivity contribution in [1.29, 1.82) is 0 Å². The maximum Gasteiger partial charge on any atom is 0.143 e. The largest absolute Gasteiger partial charge is 0.455 e. The Balaban J connectivity index is 0.000000106. The zero-order chi connectivity index (χ0) is 90.8. The Hall–Kier alpha value is -18.4. The van der Waals surface area contributed by atoms with Crippen molar-refractivity contribution in [3.8, 4) is 22.3 Å². The summed E-state index contributed by atoms with van der Waals surface area (Å²) < 4.78 is 20.0. The van der Waals surface area contributed by atoms with Gasteiger partial charge in [-0.05, 0) is 217 Å². The quantitative estimate of drug-likeness (QED) is 0.120. The molecule has 0 bridgehead atoms. The lowest BCUT2D eigenvalue weighted by Crippen LogP contribution is -2.11. The maximum atomic E-state index is 6.70. The van der Waals surface area contributed by atoms with Crippen molar-refractivity contribution in [2.24, 2.45) is 0 Å². The second-order valence-corrected chi connectivity index (χ2v) is 35.9. The predicted octanol–water partition coefficient (Wildman–Crippen LogP) is 38.3. The normalized spacial score (nSPS) is 11.8. The highest BCUT2D eigenvalue weighted by Crippen LogP contribution is 2.54. The highest BCUT2D eigenvalue weighted by atomic mass is 16.3. The van der Waals surface area contributed by atoms with Gasteiger partial charge in [0, 0.05) is 65.2 Å². The molecular formula is C132H83N3O3. The third kappa shape index (κ3) is 13.1. The molecule has 138 heavy (non-hydrogen) atoms. The Morgan fingerprint density at radius 1 is 0.130 bits per heavy atom. The van der Waals surface area contributed by atoms with Gasteiger partial charge in [0.2, 0.25) is 0 Å². The molecule has 3 heterocycles. The van der Waals surface area contributed by atoms with Gasteiger partial charge < -0.3 is 28.0 Å². The average molecular weight is 1760 g/mol. The minimum Gasteiger partial charge on any atom is -0.455 e. The molecule has 0 fully saturated rings. The molecule has 29 aromatic rings. The minimum absolute atomic E-state index is 0.871. The van der Waals surface area contributed by atoms with Crippen LogP contribution in [0.25, 0.3) is 217 Å². The van der Waals surface area contributed by atoms with Crippen LogP contribution in [-0.4, -0.2) is 0 Å². The summed E-state index contributed by atoms with van der Waals surface area (Å²) >= 11 is 0. The average Bonchev–Trinajstić information content (AvgIpc) is 1.33. The van der Waals surface area contributed by atoms with Crippen molar-refractivity contribution in [3.63, 3.8) is 0 Å². The third-order valence-electron chi connectivity index (χ3n) is 28.2. The molecule has 0 aliphatic rings. The summed E-state index contributed by atoms with van der Waals surface area (Å²) in [5, 5.41) is 35.7. The van der Waals surface area contributed by atoms with E-state index in [4.69, 9.17) is 13.3 Å². The number of fused-ring (bicyclic) bond motifs is 27. The van der Waals surface area contributed by atoms with Crippen molar-refractivity contribution in [3.05, 3.63) is 504 Å². The van der Waals surface area contributed by atoms with E-state index in [0.717, 1.165) is 133 Å². The van der Waals surface area contributed by atoms with Crippen LogP contribution in [0.15, 0.2) is 517 Å². The van der Waals surface area contributed by atoms with E-state index in [2.05, 4.69) is 518 Å². The fourth-order valence-corrected chi connectivity index (χ4v) is 22.1. The predicted molar refractivity (Wildman–Crippen MR) is 586 cm³/mol. The summed E-state index contributed by atoms with van der Waals surface area (Å²) in [4.78, 5) is 7.27. The van der Waals surface area contributed by atoms with E-state index >= 15 is 0 Å². The molecular weight excluding hydrogens is 1680 g/mol. The first-order chi connectivity index (χ1) is 68.5. The molecule has 0 amide bonds. The van der Waals surface area contributed by atoms with Gasteiger partial charge in [-0.25, -0.2) is 0 Å². The molecule has 0 aliphatic heterocycles. The van der Waals surface area contributed by atoms with Crippen molar-refractivity contribution in [2.45, 2.75) is 0 Å². The highest BCUT2D eigenvalue weighted by molar-refractivity contribution is 6.27. The summed E-state index contributed by atoms with van der Waals surface area (Å²) in [6, 6.07) is 181. The lowest BCUT2D eigenvalue weighted by Gasteiger charge is -2.29. The monoisotopic (exact) mass is 1760 g/mol. The van der Waals surface area contributed by atoms with Crippen molar-refractivity contribution in [2.75, 3.05) is 14.7 Å². The number of furan rings is 3. The number of anilines is 9. The molecule has 6 heteroatoms. The number of nitrogens with zero attached hydrogens (tertiary/aromatic N) is 3. The molecule has 0 saturated heterocycles. The lowest BCUT2D eigenvalue weighted by molar-refractivity contribution is 0.672. The van der Waals surface area contributed by atoms with E-state index in [1.807, 2.05) is 0 Å². The van der Waals surface area contributed by atoms with Crippen LogP contribution in [0, 0.1) is 0 Å². The van der Waals surface area contributed by atoms with Gasteiger partial charge in [-0.3, -0.25) is 0 Å². The first-order valence-electron chi connectivity index (χ1n) is 47.2. The van der Waals surface area contributed by atoms with Gasteiger partial charge in [0.15, 0.2) is 0 Å². The fourth-order valence-electron chi connectivity index (χ4n) is 22.1. The SMILES string of the molecule is c1ccc(-c2c(-c3ccc(N(c4cccc5ccccc45)c4cccc5oc6c7ccccc7ccc6c45)cc3)c3ccccc3c3ccccc23)cc1.c1ccc2c(N(c3cc4ccccc4c4ccccc34)c3cccc4oc5c6ccccc6ccc5c34)cccc2c1.c1ccc2c(N(c3ccc4c(ccc5ccccc54)c3)c3cccc4oc5c6ccccc6ccc5c34)cccc2c1. The van der Waals surface area contributed by atoms with Gasteiger partial charge in [-0.2, -0.15) is 0 Å². The molecule has 0 N–H and O–H groups in total. The molecule has 6 nitrogen and oxygen atoms in total. The number of benzene rings is 26. The molecule has 29 rings (SSSR count). The second kappa shape index (κ2) is 32.8. The second-order valence-electron chi connectivity index (χ2n) is 35.9. The van der Waals surface area contributed by atoms with Gasteiger partial charge in [0.25, 0.3) is 0 Å². The fraction of sp³-hybridized carbons (Fsp3) is 0. The molecule has 0 unspecified atom stereocenters. The lowest BCUT2D eigenvalue weighted by atomic mass is 9.85. The number of rotatable bonds is 11. The van der Waals surface area contributed by atoms with Gasteiger partial charge in [-0.15, -0.1) is 0 Å². The van der Waals surface area contributed by atoms with Gasteiger partial charge >= 0.3 is 0 Å². The molecule has 0 spiro atoms. The van der Waals surface area contributed by atoms with E-state index in [1.165, 1.54) is 135 Å². The van der Waals surface area contributed by atoms with E-state index in [-0.39, 0.29) is 0 Å². The Labute approximate surface area is 794 Å². The van der Waals surface area contributed by atoms with E-state index < -0.39 is 0 Å². The number of hydrogen-bond donors (Lipinski definition) is 0. The Bertz CT molecular complexity index is 9970. The Kier molecular flexibility index (Phi) is 18.9. The van der Waals surface area contributed by atoms with Crippen LogP contribution in [0.1, 0.15) is 0 Å². The highest BCUT2D eigenvalue weighted by Gasteiger charge is 2.29.